The van der Waals surface area contributed by atoms with Crippen LogP contribution in [0.5, 0.6) is 0 Å². The monoisotopic (exact) mass is 261 g/mol. The Kier molecular flexibility index (Phi) is 4.97. The number of likely N-dealkylation sites (tertiary alicyclic amines) is 1. The first-order valence-corrected chi connectivity index (χ1v) is 7.19. The molecule has 1 fully saturated rings. The summed E-state index contributed by atoms with van der Waals surface area (Å²) < 4.78 is 5.78. The molecule has 1 saturated heterocycles. The molecule has 0 radical (unpaired) electrons. The number of piperidine rings is 1. The number of nitrogens with zero attached hydrogens (tertiary/aromatic N) is 1. The van der Waals surface area contributed by atoms with Crippen molar-refractivity contribution >= 4 is 5.91 Å². The van der Waals surface area contributed by atoms with Crippen molar-refractivity contribution in [2.45, 2.75) is 39.2 Å². The summed E-state index contributed by atoms with van der Waals surface area (Å²) in [7, 11) is 0. The summed E-state index contributed by atoms with van der Waals surface area (Å²) in [5, 5.41) is 0. The summed E-state index contributed by atoms with van der Waals surface area (Å²) in [4.78, 5) is 14.4. The Morgan fingerprint density at radius 2 is 2.21 bits per heavy atom. The van der Waals surface area contributed by atoms with E-state index in [0.29, 0.717) is 0 Å². The number of amides is 1. The molecule has 1 aromatic rings. The first kappa shape index (κ1) is 14.1. The van der Waals surface area contributed by atoms with Crippen molar-refractivity contribution in [2.75, 3.05) is 19.7 Å². The van der Waals surface area contributed by atoms with E-state index in [9.17, 15) is 4.79 Å². The molecule has 19 heavy (non-hydrogen) atoms. The van der Waals surface area contributed by atoms with Crippen LogP contribution in [0.25, 0.3) is 0 Å². The lowest BCUT2D eigenvalue weighted by molar-refractivity contribution is 0.00208. The van der Waals surface area contributed by atoms with Gasteiger partial charge < -0.3 is 9.64 Å². The van der Waals surface area contributed by atoms with Crippen LogP contribution in [0.2, 0.25) is 0 Å². The molecule has 1 aliphatic heterocycles. The molecule has 1 aliphatic rings. The van der Waals surface area contributed by atoms with Gasteiger partial charge >= 0.3 is 0 Å². The largest absolute Gasteiger partial charge is 0.376 e. The fourth-order valence-electron chi connectivity index (χ4n) is 2.53. The van der Waals surface area contributed by atoms with E-state index >= 15 is 0 Å². The van der Waals surface area contributed by atoms with Crippen LogP contribution in [0.4, 0.5) is 0 Å². The van der Waals surface area contributed by atoms with E-state index in [4.69, 9.17) is 4.74 Å². The number of hydrogen-bond donors (Lipinski definition) is 0. The van der Waals surface area contributed by atoms with Crippen LogP contribution in [0.3, 0.4) is 0 Å². The van der Waals surface area contributed by atoms with Crippen LogP contribution in [-0.4, -0.2) is 36.6 Å². The van der Waals surface area contributed by atoms with Gasteiger partial charge in [0.15, 0.2) is 0 Å². The van der Waals surface area contributed by atoms with Crippen molar-refractivity contribution in [3.8, 4) is 0 Å². The third kappa shape index (κ3) is 3.57. The molecule has 1 amide bonds. The Morgan fingerprint density at radius 1 is 1.42 bits per heavy atom. The van der Waals surface area contributed by atoms with E-state index in [2.05, 4.69) is 6.92 Å². The average Bonchev–Trinajstić information content (AvgIpc) is 2.45. The van der Waals surface area contributed by atoms with Gasteiger partial charge in [-0.1, -0.05) is 25.1 Å². The molecule has 2 rings (SSSR count). The maximum atomic E-state index is 12.5. The normalized spacial score (nSPS) is 19.5. The van der Waals surface area contributed by atoms with Gasteiger partial charge in [-0.25, -0.2) is 0 Å². The van der Waals surface area contributed by atoms with E-state index in [1.54, 1.807) is 0 Å². The number of carbonyl (C=O) groups is 1. The summed E-state index contributed by atoms with van der Waals surface area (Å²) in [5.41, 5.74) is 1.86. The second-order valence-corrected chi connectivity index (χ2v) is 5.20. The Bertz CT molecular complexity index is 431. The molecule has 104 valence electrons. The van der Waals surface area contributed by atoms with Crippen molar-refractivity contribution in [1.29, 1.82) is 0 Å². The van der Waals surface area contributed by atoms with Gasteiger partial charge in [0.2, 0.25) is 0 Å². The van der Waals surface area contributed by atoms with Gasteiger partial charge in [-0.2, -0.15) is 0 Å². The molecule has 0 spiro atoms. The summed E-state index contributed by atoms with van der Waals surface area (Å²) in [6.07, 6.45) is 3.34. The maximum absolute atomic E-state index is 12.5. The fraction of sp³-hybridized carbons (Fsp3) is 0.562. The molecule has 1 unspecified atom stereocenters. The Morgan fingerprint density at radius 3 is 2.95 bits per heavy atom. The number of ether oxygens (including phenoxy) is 1. The Labute approximate surface area is 115 Å². The minimum atomic E-state index is 0.142. The van der Waals surface area contributed by atoms with Crippen LogP contribution in [-0.2, 0) is 4.74 Å². The number of carbonyl (C=O) groups excluding carboxylic acids is 1. The van der Waals surface area contributed by atoms with Crippen LogP contribution in [0.15, 0.2) is 24.3 Å². The zero-order valence-electron chi connectivity index (χ0n) is 11.9. The molecular weight excluding hydrogens is 238 g/mol. The van der Waals surface area contributed by atoms with Crippen LogP contribution in [0, 0.1) is 6.92 Å². The van der Waals surface area contributed by atoms with Gasteiger partial charge in [-0.15, -0.1) is 0 Å². The molecule has 1 heterocycles. The summed E-state index contributed by atoms with van der Waals surface area (Å²) in [5.74, 6) is 0.142. The van der Waals surface area contributed by atoms with Gasteiger partial charge in [0.05, 0.1) is 6.10 Å². The first-order chi connectivity index (χ1) is 9.22. The molecule has 1 atom stereocenters. The highest BCUT2D eigenvalue weighted by Crippen LogP contribution is 2.18. The molecule has 3 heteroatoms. The van der Waals surface area contributed by atoms with E-state index in [0.717, 1.165) is 50.1 Å². The van der Waals surface area contributed by atoms with Crippen molar-refractivity contribution in [3.05, 3.63) is 35.4 Å². The van der Waals surface area contributed by atoms with Crippen LogP contribution in [0.1, 0.15) is 42.1 Å². The topological polar surface area (TPSA) is 29.5 Å². The lowest BCUT2D eigenvalue weighted by atomic mass is 10.0. The second-order valence-electron chi connectivity index (χ2n) is 5.20. The molecule has 1 aromatic carbocycles. The average molecular weight is 261 g/mol. The highest BCUT2D eigenvalue weighted by Gasteiger charge is 2.25. The summed E-state index contributed by atoms with van der Waals surface area (Å²) in [6, 6.07) is 7.79. The minimum Gasteiger partial charge on any atom is -0.376 e. The van der Waals surface area contributed by atoms with Gasteiger partial charge in [0, 0.05) is 25.3 Å². The molecule has 0 bridgehead atoms. The standard InChI is InChI=1S/C16H23NO2/c1-3-11-19-14-8-6-10-17(12-14)16(18)15-9-5-4-7-13(15)2/h4-5,7,9,14H,3,6,8,10-12H2,1-2H3. The van der Waals surface area contributed by atoms with Crippen LogP contribution < -0.4 is 0 Å². The molecule has 3 nitrogen and oxygen atoms in total. The van der Waals surface area contributed by atoms with E-state index in [1.807, 2.05) is 36.1 Å². The lowest BCUT2D eigenvalue weighted by Gasteiger charge is -2.33. The van der Waals surface area contributed by atoms with Crippen molar-refractivity contribution in [1.82, 2.24) is 4.90 Å². The van der Waals surface area contributed by atoms with Crippen LogP contribution >= 0.6 is 0 Å². The second kappa shape index (κ2) is 6.71. The maximum Gasteiger partial charge on any atom is 0.254 e. The number of aryl methyl sites for hydroxylation is 1. The summed E-state index contributed by atoms with van der Waals surface area (Å²) >= 11 is 0. The highest BCUT2D eigenvalue weighted by atomic mass is 16.5. The highest BCUT2D eigenvalue weighted by molar-refractivity contribution is 5.95. The van der Waals surface area contributed by atoms with Gasteiger partial charge in [0.25, 0.3) is 5.91 Å². The summed E-state index contributed by atoms with van der Waals surface area (Å²) in [6.45, 7) is 6.46. The Hall–Kier alpha value is -1.35. The predicted molar refractivity (Wildman–Crippen MR) is 76.3 cm³/mol. The van der Waals surface area contributed by atoms with E-state index < -0.39 is 0 Å². The molecule has 0 aliphatic carbocycles. The van der Waals surface area contributed by atoms with Crippen molar-refractivity contribution < 1.29 is 9.53 Å². The minimum absolute atomic E-state index is 0.142. The van der Waals surface area contributed by atoms with E-state index in [1.165, 1.54) is 0 Å². The smallest absolute Gasteiger partial charge is 0.254 e. The van der Waals surface area contributed by atoms with Crippen molar-refractivity contribution in [3.63, 3.8) is 0 Å². The van der Waals surface area contributed by atoms with Crippen molar-refractivity contribution in [2.24, 2.45) is 0 Å². The molecule has 0 N–H and O–H groups in total. The zero-order chi connectivity index (χ0) is 13.7. The predicted octanol–water partition coefficient (Wildman–Crippen LogP) is 3.03. The number of benzene rings is 1. The molecular formula is C16H23NO2. The molecule has 0 aromatic heterocycles. The zero-order valence-corrected chi connectivity index (χ0v) is 11.9. The third-order valence-electron chi connectivity index (χ3n) is 3.60. The SMILES string of the molecule is CCCOC1CCCN(C(=O)c2ccccc2C)C1. The number of hydrogen-bond acceptors (Lipinski definition) is 2. The Balaban J connectivity index is 2.01. The lowest BCUT2D eigenvalue weighted by Crippen LogP contribution is -2.43. The van der Waals surface area contributed by atoms with Gasteiger partial charge in [0.1, 0.15) is 0 Å². The first-order valence-electron chi connectivity index (χ1n) is 7.19. The molecule has 0 saturated carbocycles. The van der Waals surface area contributed by atoms with E-state index in [-0.39, 0.29) is 12.0 Å². The van der Waals surface area contributed by atoms with Gasteiger partial charge in [-0.3, -0.25) is 4.79 Å². The number of rotatable bonds is 4. The third-order valence-corrected chi connectivity index (χ3v) is 3.60. The quantitative estimate of drug-likeness (QED) is 0.833. The van der Waals surface area contributed by atoms with Gasteiger partial charge in [-0.05, 0) is 37.8 Å². The fourth-order valence-corrected chi connectivity index (χ4v) is 2.53.